The van der Waals surface area contributed by atoms with E-state index in [-0.39, 0.29) is 17.9 Å². The first-order chi connectivity index (χ1) is 12.7. The first kappa shape index (κ1) is 16.5. The standard InChI is InChI=1S/C22H20N2O2/c1-15(17-12-6-8-16-7-2-3-9-18(16)17)23-13-14-24-21(25)19-10-4-5-11-20(19)22(24)26/h2-12,15,23H,13-14H2,1H3/p+1/t15-/m0/s1. The topological polar surface area (TPSA) is 54.0 Å². The number of quaternary nitrogens is 1. The van der Waals surface area contributed by atoms with Crippen molar-refractivity contribution in [2.24, 2.45) is 0 Å². The van der Waals surface area contributed by atoms with Gasteiger partial charge in [0.15, 0.2) is 0 Å². The van der Waals surface area contributed by atoms with E-state index >= 15 is 0 Å². The molecule has 0 saturated heterocycles. The van der Waals surface area contributed by atoms with Crippen molar-refractivity contribution in [2.45, 2.75) is 13.0 Å². The smallest absolute Gasteiger partial charge is 0.261 e. The highest BCUT2D eigenvalue weighted by atomic mass is 16.2. The number of carbonyl (C=O) groups is 2. The number of rotatable bonds is 5. The van der Waals surface area contributed by atoms with Gasteiger partial charge < -0.3 is 5.32 Å². The van der Waals surface area contributed by atoms with Crippen molar-refractivity contribution in [3.05, 3.63) is 83.4 Å². The van der Waals surface area contributed by atoms with Crippen molar-refractivity contribution in [1.29, 1.82) is 0 Å². The molecule has 0 aliphatic carbocycles. The average molecular weight is 345 g/mol. The molecule has 0 spiro atoms. The summed E-state index contributed by atoms with van der Waals surface area (Å²) in [4.78, 5) is 26.2. The van der Waals surface area contributed by atoms with Crippen LogP contribution in [0.1, 0.15) is 39.2 Å². The number of imide groups is 1. The molecule has 0 radical (unpaired) electrons. The molecule has 1 aliphatic heterocycles. The van der Waals surface area contributed by atoms with Crippen molar-refractivity contribution in [2.75, 3.05) is 13.1 Å². The maximum Gasteiger partial charge on any atom is 0.261 e. The van der Waals surface area contributed by atoms with E-state index in [1.54, 1.807) is 24.3 Å². The summed E-state index contributed by atoms with van der Waals surface area (Å²) in [5.41, 5.74) is 2.30. The summed E-state index contributed by atoms with van der Waals surface area (Å²) in [6, 6.07) is 22.0. The summed E-state index contributed by atoms with van der Waals surface area (Å²) in [5, 5.41) is 4.66. The van der Waals surface area contributed by atoms with Crippen LogP contribution in [0.25, 0.3) is 10.8 Å². The Bertz CT molecular complexity index is 956. The SMILES string of the molecule is C[C@H]([NH2+]CCN1C(=O)c2ccccc2C1=O)c1cccc2ccccc12. The zero-order chi connectivity index (χ0) is 18.1. The molecular formula is C22H21N2O2+. The molecule has 26 heavy (non-hydrogen) atoms. The van der Waals surface area contributed by atoms with Crippen LogP contribution in [0.5, 0.6) is 0 Å². The number of hydrogen-bond donors (Lipinski definition) is 1. The lowest BCUT2D eigenvalue weighted by Gasteiger charge is -2.17. The molecule has 0 saturated carbocycles. The van der Waals surface area contributed by atoms with Gasteiger partial charge in [-0.15, -0.1) is 0 Å². The minimum Gasteiger partial charge on any atom is -0.339 e. The minimum absolute atomic E-state index is 0.184. The zero-order valence-electron chi connectivity index (χ0n) is 14.7. The predicted molar refractivity (Wildman–Crippen MR) is 101 cm³/mol. The highest BCUT2D eigenvalue weighted by Crippen LogP contribution is 2.23. The molecule has 1 heterocycles. The molecule has 2 N–H and O–H groups in total. The van der Waals surface area contributed by atoms with Crippen molar-refractivity contribution in [3.8, 4) is 0 Å². The van der Waals surface area contributed by atoms with Gasteiger partial charge in [-0.05, 0) is 29.8 Å². The molecule has 0 bridgehead atoms. The summed E-state index contributed by atoms with van der Waals surface area (Å²) in [7, 11) is 0. The van der Waals surface area contributed by atoms with Gasteiger partial charge in [-0.1, -0.05) is 54.6 Å². The number of nitrogens with zero attached hydrogens (tertiary/aromatic N) is 1. The highest BCUT2D eigenvalue weighted by Gasteiger charge is 2.35. The van der Waals surface area contributed by atoms with E-state index in [0.717, 1.165) is 0 Å². The summed E-state index contributed by atoms with van der Waals surface area (Å²) in [6.45, 7) is 3.25. The first-order valence-electron chi connectivity index (χ1n) is 8.93. The molecular weight excluding hydrogens is 324 g/mol. The minimum atomic E-state index is -0.184. The lowest BCUT2D eigenvalue weighted by Crippen LogP contribution is -2.86. The molecule has 3 aromatic rings. The van der Waals surface area contributed by atoms with Crippen molar-refractivity contribution < 1.29 is 14.9 Å². The second-order valence-electron chi connectivity index (χ2n) is 6.69. The lowest BCUT2D eigenvalue weighted by atomic mass is 10.00. The van der Waals surface area contributed by atoms with Crippen LogP contribution in [-0.4, -0.2) is 29.8 Å². The fraction of sp³-hybridized carbons (Fsp3) is 0.182. The van der Waals surface area contributed by atoms with Gasteiger partial charge >= 0.3 is 0 Å². The van der Waals surface area contributed by atoms with Crippen LogP contribution in [0, 0.1) is 0 Å². The second kappa shape index (κ2) is 6.73. The molecule has 1 atom stereocenters. The van der Waals surface area contributed by atoms with E-state index in [4.69, 9.17) is 0 Å². The predicted octanol–water partition coefficient (Wildman–Crippen LogP) is 2.76. The van der Waals surface area contributed by atoms with Gasteiger partial charge in [-0.3, -0.25) is 14.5 Å². The molecule has 0 unspecified atom stereocenters. The molecule has 2 amide bonds. The zero-order valence-corrected chi connectivity index (χ0v) is 14.7. The van der Waals surface area contributed by atoms with Crippen molar-refractivity contribution >= 4 is 22.6 Å². The first-order valence-corrected chi connectivity index (χ1v) is 8.93. The monoisotopic (exact) mass is 345 g/mol. The van der Waals surface area contributed by atoms with Crippen LogP contribution in [-0.2, 0) is 0 Å². The average Bonchev–Trinajstić information content (AvgIpc) is 2.92. The van der Waals surface area contributed by atoms with Gasteiger partial charge in [-0.2, -0.15) is 0 Å². The quantitative estimate of drug-likeness (QED) is 0.723. The maximum absolute atomic E-state index is 12.4. The van der Waals surface area contributed by atoms with Gasteiger partial charge in [0.2, 0.25) is 0 Å². The molecule has 4 heteroatoms. The summed E-state index contributed by atoms with van der Waals surface area (Å²) < 4.78 is 0. The maximum atomic E-state index is 12.4. The third-order valence-electron chi connectivity index (χ3n) is 5.07. The summed E-state index contributed by atoms with van der Waals surface area (Å²) in [6.07, 6.45) is 0. The normalized spacial score (nSPS) is 14.7. The largest absolute Gasteiger partial charge is 0.339 e. The number of fused-ring (bicyclic) bond motifs is 2. The number of benzene rings is 3. The van der Waals surface area contributed by atoms with Gasteiger partial charge in [0.05, 0.1) is 24.2 Å². The van der Waals surface area contributed by atoms with E-state index in [0.29, 0.717) is 24.2 Å². The Morgan fingerprint density at radius 2 is 1.46 bits per heavy atom. The lowest BCUT2D eigenvalue weighted by molar-refractivity contribution is -0.691. The van der Waals surface area contributed by atoms with Crippen LogP contribution in [0.15, 0.2) is 66.7 Å². The van der Waals surface area contributed by atoms with E-state index in [2.05, 4.69) is 48.6 Å². The number of hydrogen-bond acceptors (Lipinski definition) is 2. The fourth-order valence-electron chi connectivity index (χ4n) is 3.67. The van der Waals surface area contributed by atoms with Crippen LogP contribution in [0.4, 0.5) is 0 Å². The van der Waals surface area contributed by atoms with Crippen LogP contribution in [0.3, 0.4) is 0 Å². The van der Waals surface area contributed by atoms with Crippen LogP contribution in [0.2, 0.25) is 0 Å². The van der Waals surface area contributed by atoms with Crippen molar-refractivity contribution in [3.63, 3.8) is 0 Å². The van der Waals surface area contributed by atoms with Crippen LogP contribution >= 0.6 is 0 Å². The Morgan fingerprint density at radius 3 is 2.19 bits per heavy atom. The Morgan fingerprint density at radius 1 is 0.846 bits per heavy atom. The molecule has 0 fully saturated rings. The highest BCUT2D eigenvalue weighted by molar-refractivity contribution is 6.21. The Hall–Kier alpha value is -2.98. The van der Waals surface area contributed by atoms with Gasteiger partial charge in [0.1, 0.15) is 6.04 Å². The Labute approximate surface area is 152 Å². The van der Waals surface area contributed by atoms with E-state index < -0.39 is 0 Å². The number of nitrogens with two attached hydrogens (primary N) is 1. The Kier molecular flexibility index (Phi) is 4.27. The summed E-state index contributed by atoms with van der Waals surface area (Å²) >= 11 is 0. The van der Waals surface area contributed by atoms with Gasteiger partial charge in [0.25, 0.3) is 11.8 Å². The Balaban J connectivity index is 1.44. The molecule has 3 aromatic carbocycles. The molecule has 0 aromatic heterocycles. The van der Waals surface area contributed by atoms with E-state index in [1.165, 1.54) is 21.2 Å². The van der Waals surface area contributed by atoms with E-state index in [1.807, 2.05) is 6.07 Å². The third-order valence-corrected chi connectivity index (χ3v) is 5.07. The van der Waals surface area contributed by atoms with Gasteiger partial charge in [-0.25, -0.2) is 0 Å². The molecule has 4 rings (SSSR count). The summed E-state index contributed by atoms with van der Waals surface area (Å²) in [5.74, 6) is -0.367. The third kappa shape index (κ3) is 2.78. The fourth-order valence-corrected chi connectivity index (χ4v) is 3.67. The number of amides is 2. The van der Waals surface area contributed by atoms with E-state index in [9.17, 15) is 9.59 Å². The molecule has 4 nitrogen and oxygen atoms in total. The number of carbonyl (C=O) groups excluding carboxylic acids is 2. The van der Waals surface area contributed by atoms with Crippen molar-refractivity contribution in [1.82, 2.24) is 4.90 Å². The second-order valence-corrected chi connectivity index (χ2v) is 6.69. The van der Waals surface area contributed by atoms with Crippen LogP contribution < -0.4 is 5.32 Å². The van der Waals surface area contributed by atoms with Gasteiger partial charge in [0, 0.05) is 5.56 Å². The molecule has 130 valence electrons. The molecule has 1 aliphatic rings.